The van der Waals surface area contributed by atoms with E-state index in [1.54, 1.807) is 0 Å². The molecule has 0 aliphatic carbocycles. The Kier molecular flexibility index (Phi) is 6.01. The molecule has 6 nitrogen and oxygen atoms in total. The summed E-state index contributed by atoms with van der Waals surface area (Å²) in [5, 5.41) is 0.473. The van der Waals surface area contributed by atoms with E-state index < -0.39 is 17.9 Å². The number of rotatable bonds is 4. The Balaban J connectivity index is 2.37. The topological polar surface area (TPSA) is 78.9 Å². The number of esters is 3. The highest BCUT2D eigenvalue weighted by Crippen LogP contribution is 2.26. The number of carbonyl (C=O) groups excluding carboxylic acids is 3. The van der Waals surface area contributed by atoms with Gasteiger partial charge in [0, 0.05) is 0 Å². The minimum absolute atomic E-state index is 0.0735. The van der Waals surface area contributed by atoms with Crippen LogP contribution < -0.4 is 4.74 Å². The standard InChI is InChI=1S/C17H12Cl2O6/c1-23-15(20)9-4-6-14(11(7-9)17(22)24-2)25-16(21)10-3-5-12(18)13(19)8-10/h3-8H,1-2H3. The van der Waals surface area contributed by atoms with Gasteiger partial charge in [0.15, 0.2) is 0 Å². The monoisotopic (exact) mass is 382 g/mol. The molecule has 130 valence electrons. The SMILES string of the molecule is COC(=O)c1ccc(OC(=O)c2ccc(Cl)c(Cl)c2)c(C(=O)OC)c1. The van der Waals surface area contributed by atoms with Crippen molar-refractivity contribution < 1.29 is 28.6 Å². The number of carbonyl (C=O) groups is 3. The summed E-state index contributed by atoms with van der Waals surface area (Å²) in [6, 6.07) is 8.09. The second-order valence-electron chi connectivity index (χ2n) is 4.71. The van der Waals surface area contributed by atoms with E-state index in [4.69, 9.17) is 27.9 Å². The molecule has 2 aromatic carbocycles. The lowest BCUT2D eigenvalue weighted by molar-refractivity contribution is 0.0593. The molecule has 0 saturated carbocycles. The van der Waals surface area contributed by atoms with E-state index in [-0.39, 0.29) is 32.5 Å². The molecule has 0 saturated heterocycles. The number of ether oxygens (including phenoxy) is 3. The van der Waals surface area contributed by atoms with Gasteiger partial charge in [-0.25, -0.2) is 14.4 Å². The summed E-state index contributed by atoms with van der Waals surface area (Å²) in [5.41, 5.74) is 0.151. The Hall–Kier alpha value is -2.57. The molecule has 0 radical (unpaired) electrons. The van der Waals surface area contributed by atoms with E-state index in [2.05, 4.69) is 9.47 Å². The summed E-state index contributed by atoms with van der Waals surface area (Å²) in [7, 11) is 2.37. The molecular weight excluding hydrogens is 371 g/mol. The van der Waals surface area contributed by atoms with Crippen molar-refractivity contribution in [2.75, 3.05) is 14.2 Å². The number of hydrogen-bond donors (Lipinski definition) is 0. The van der Waals surface area contributed by atoms with Crippen molar-refractivity contribution in [1.82, 2.24) is 0 Å². The molecule has 0 atom stereocenters. The zero-order valence-corrected chi connectivity index (χ0v) is 14.7. The molecule has 2 rings (SSSR count). The molecule has 0 unspecified atom stereocenters. The lowest BCUT2D eigenvalue weighted by Crippen LogP contribution is -2.13. The van der Waals surface area contributed by atoms with Crippen LogP contribution in [-0.4, -0.2) is 32.1 Å². The Morgan fingerprint density at radius 1 is 0.760 bits per heavy atom. The summed E-state index contributed by atoms with van der Waals surface area (Å²) in [6.45, 7) is 0. The third-order valence-electron chi connectivity index (χ3n) is 3.16. The molecule has 25 heavy (non-hydrogen) atoms. The average Bonchev–Trinajstić information content (AvgIpc) is 2.62. The molecule has 0 bridgehead atoms. The Morgan fingerprint density at radius 3 is 1.96 bits per heavy atom. The molecule has 0 heterocycles. The maximum atomic E-state index is 12.2. The summed E-state index contributed by atoms with van der Waals surface area (Å²) >= 11 is 11.7. The van der Waals surface area contributed by atoms with E-state index >= 15 is 0 Å². The van der Waals surface area contributed by atoms with Crippen LogP contribution in [0.5, 0.6) is 5.75 Å². The summed E-state index contributed by atoms with van der Waals surface area (Å²) < 4.78 is 14.5. The van der Waals surface area contributed by atoms with Crippen LogP contribution in [0.2, 0.25) is 10.0 Å². The molecule has 0 fully saturated rings. The van der Waals surface area contributed by atoms with Crippen LogP contribution in [0.1, 0.15) is 31.1 Å². The molecule has 0 aliphatic rings. The van der Waals surface area contributed by atoms with Gasteiger partial charge in [0.25, 0.3) is 0 Å². The van der Waals surface area contributed by atoms with Gasteiger partial charge < -0.3 is 14.2 Å². The first-order valence-corrected chi connectivity index (χ1v) is 7.61. The van der Waals surface area contributed by atoms with Crippen molar-refractivity contribution in [2.24, 2.45) is 0 Å². The molecule has 0 aliphatic heterocycles. The van der Waals surface area contributed by atoms with Crippen LogP contribution in [0.25, 0.3) is 0 Å². The Morgan fingerprint density at radius 2 is 1.36 bits per heavy atom. The fraction of sp³-hybridized carbons (Fsp3) is 0.118. The molecule has 0 spiro atoms. The molecule has 8 heteroatoms. The fourth-order valence-corrected chi connectivity index (χ4v) is 2.21. The van der Waals surface area contributed by atoms with Gasteiger partial charge in [-0.05, 0) is 36.4 Å². The third-order valence-corrected chi connectivity index (χ3v) is 3.90. The van der Waals surface area contributed by atoms with Gasteiger partial charge in [-0.2, -0.15) is 0 Å². The highest BCUT2D eigenvalue weighted by Gasteiger charge is 2.20. The second-order valence-corrected chi connectivity index (χ2v) is 5.53. The van der Waals surface area contributed by atoms with E-state index in [9.17, 15) is 14.4 Å². The smallest absolute Gasteiger partial charge is 0.343 e. The lowest BCUT2D eigenvalue weighted by Gasteiger charge is -2.10. The zero-order valence-electron chi connectivity index (χ0n) is 13.2. The van der Waals surface area contributed by atoms with Crippen LogP contribution in [0.3, 0.4) is 0 Å². The van der Waals surface area contributed by atoms with Gasteiger partial charge in [-0.15, -0.1) is 0 Å². The number of benzene rings is 2. The van der Waals surface area contributed by atoms with Crippen LogP contribution >= 0.6 is 23.2 Å². The third kappa shape index (κ3) is 4.29. The first-order valence-electron chi connectivity index (χ1n) is 6.85. The first kappa shape index (κ1) is 18.8. The predicted molar refractivity (Wildman–Crippen MR) is 90.5 cm³/mol. The van der Waals surface area contributed by atoms with E-state index in [0.29, 0.717) is 0 Å². The average molecular weight is 383 g/mol. The van der Waals surface area contributed by atoms with Crippen molar-refractivity contribution in [3.8, 4) is 5.75 Å². The van der Waals surface area contributed by atoms with Crippen molar-refractivity contribution in [1.29, 1.82) is 0 Å². The van der Waals surface area contributed by atoms with Crippen LogP contribution in [0.4, 0.5) is 0 Å². The number of methoxy groups -OCH3 is 2. The summed E-state index contributed by atoms with van der Waals surface area (Å²) in [4.78, 5) is 35.7. The highest BCUT2D eigenvalue weighted by atomic mass is 35.5. The van der Waals surface area contributed by atoms with Crippen LogP contribution in [0.15, 0.2) is 36.4 Å². The Bertz CT molecular complexity index is 847. The highest BCUT2D eigenvalue weighted by molar-refractivity contribution is 6.42. The first-order chi connectivity index (χ1) is 11.9. The quantitative estimate of drug-likeness (QED) is 0.591. The molecule has 0 aromatic heterocycles. The van der Waals surface area contributed by atoms with Gasteiger partial charge in [0.1, 0.15) is 11.3 Å². The largest absolute Gasteiger partial charge is 0.465 e. The predicted octanol–water partition coefficient (Wildman–Crippen LogP) is 3.79. The minimum atomic E-state index is -0.775. The number of halogens is 2. The van der Waals surface area contributed by atoms with Crippen LogP contribution in [0, 0.1) is 0 Å². The van der Waals surface area contributed by atoms with E-state index in [0.717, 1.165) is 7.11 Å². The van der Waals surface area contributed by atoms with Crippen LogP contribution in [-0.2, 0) is 9.47 Å². The maximum Gasteiger partial charge on any atom is 0.343 e. The molecule has 2 aromatic rings. The molecule has 0 N–H and O–H groups in total. The van der Waals surface area contributed by atoms with Gasteiger partial charge >= 0.3 is 17.9 Å². The summed E-state index contributed by atoms with van der Waals surface area (Å²) in [5.74, 6) is -2.25. The summed E-state index contributed by atoms with van der Waals surface area (Å²) in [6.07, 6.45) is 0. The minimum Gasteiger partial charge on any atom is -0.465 e. The Labute approximate surface area is 153 Å². The van der Waals surface area contributed by atoms with Crippen molar-refractivity contribution >= 4 is 41.1 Å². The fourth-order valence-electron chi connectivity index (χ4n) is 1.92. The van der Waals surface area contributed by atoms with Crippen molar-refractivity contribution in [3.05, 3.63) is 63.1 Å². The normalized spacial score (nSPS) is 10.1. The van der Waals surface area contributed by atoms with Crippen molar-refractivity contribution in [2.45, 2.75) is 0 Å². The maximum absolute atomic E-state index is 12.2. The van der Waals surface area contributed by atoms with Gasteiger partial charge in [-0.3, -0.25) is 0 Å². The van der Waals surface area contributed by atoms with Gasteiger partial charge in [0.05, 0.1) is 35.4 Å². The zero-order chi connectivity index (χ0) is 18.6. The van der Waals surface area contributed by atoms with Gasteiger partial charge in [0.2, 0.25) is 0 Å². The van der Waals surface area contributed by atoms with E-state index in [1.165, 1.54) is 43.5 Å². The molecular formula is C17H12Cl2O6. The lowest BCUT2D eigenvalue weighted by atomic mass is 10.1. The van der Waals surface area contributed by atoms with Crippen molar-refractivity contribution in [3.63, 3.8) is 0 Å². The number of hydrogen-bond acceptors (Lipinski definition) is 6. The van der Waals surface area contributed by atoms with Gasteiger partial charge in [-0.1, -0.05) is 23.2 Å². The molecule has 0 amide bonds. The van der Waals surface area contributed by atoms with E-state index in [1.807, 2.05) is 0 Å². The second kappa shape index (κ2) is 8.00.